The van der Waals surface area contributed by atoms with Gasteiger partial charge in [0.2, 0.25) is 0 Å². The Bertz CT molecular complexity index is 140. The van der Waals surface area contributed by atoms with Crippen LogP contribution in [0, 0.1) is 0 Å². The average molecular weight is 131 g/mol. The Morgan fingerprint density at radius 1 is 1.88 bits per heavy atom. The molecule has 0 aromatic carbocycles. The van der Waals surface area contributed by atoms with Crippen molar-refractivity contribution < 1.29 is 4.84 Å². The molecule has 1 rings (SSSR count). The van der Waals surface area contributed by atoms with Crippen molar-refractivity contribution in [2.45, 2.75) is 6.61 Å². The summed E-state index contributed by atoms with van der Waals surface area (Å²) >= 11 is 1.28. The monoisotopic (exact) mass is 131 g/mol. The molecule has 1 aromatic rings. The normalized spacial score (nSPS) is 9.62. The van der Waals surface area contributed by atoms with Gasteiger partial charge in [-0.05, 0) is 11.5 Å². The van der Waals surface area contributed by atoms with Crippen LogP contribution in [0.2, 0.25) is 0 Å². The third-order valence-electron chi connectivity index (χ3n) is 0.633. The van der Waals surface area contributed by atoms with Crippen LogP contribution in [0.4, 0.5) is 0 Å². The first-order valence-electron chi connectivity index (χ1n) is 2.01. The van der Waals surface area contributed by atoms with Crippen molar-refractivity contribution >= 4 is 11.5 Å². The molecule has 1 heterocycles. The van der Waals surface area contributed by atoms with E-state index in [-0.39, 0.29) is 0 Å². The molecule has 44 valence electrons. The van der Waals surface area contributed by atoms with Crippen LogP contribution < -0.4 is 5.90 Å². The van der Waals surface area contributed by atoms with Gasteiger partial charge in [-0.2, -0.15) is 0 Å². The minimum absolute atomic E-state index is 0.400. The summed E-state index contributed by atoms with van der Waals surface area (Å²) in [7, 11) is 0. The molecular formula is C3H5N3OS. The predicted octanol–water partition coefficient (Wildman–Crippen LogP) is -0.0716. The van der Waals surface area contributed by atoms with Crippen molar-refractivity contribution in [3.05, 3.63) is 11.1 Å². The van der Waals surface area contributed by atoms with Crippen LogP contribution in [0.1, 0.15) is 4.88 Å². The molecule has 0 aliphatic heterocycles. The lowest BCUT2D eigenvalue weighted by Crippen LogP contribution is -1.96. The largest absolute Gasteiger partial charge is 0.299 e. The van der Waals surface area contributed by atoms with Gasteiger partial charge < -0.3 is 0 Å². The van der Waals surface area contributed by atoms with Crippen molar-refractivity contribution in [3.8, 4) is 0 Å². The SMILES string of the molecule is NOCc1cnns1. The molecule has 0 amide bonds. The summed E-state index contributed by atoms with van der Waals surface area (Å²) in [6.45, 7) is 0.400. The van der Waals surface area contributed by atoms with E-state index in [4.69, 9.17) is 5.90 Å². The van der Waals surface area contributed by atoms with Crippen LogP contribution in [0.5, 0.6) is 0 Å². The average Bonchev–Trinajstić information content (AvgIpc) is 2.19. The molecule has 0 aliphatic carbocycles. The summed E-state index contributed by atoms with van der Waals surface area (Å²) in [5.74, 6) is 4.77. The Balaban J connectivity index is 2.50. The van der Waals surface area contributed by atoms with Crippen molar-refractivity contribution in [3.63, 3.8) is 0 Å². The topological polar surface area (TPSA) is 61.0 Å². The summed E-state index contributed by atoms with van der Waals surface area (Å²) in [6, 6.07) is 0. The Morgan fingerprint density at radius 3 is 3.25 bits per heavy atom. The molecule has 0 aliphatic rings. The first kappa shape index (κ1) is 5.61. The molecule has 0 unspecified atom stereocenters. The minimum atomic E-state index is 0.400. The first-order chi connectivity index (χ1) is 3.93. The van der Waals surface area contributed by atoms with Gasteiger partial charge in [-0.3, -0.25) is 4.84 Å². The fraction of sp³-hybridized carbons (Fsp3) is 0.333. The van der Waals surface area contributed by atoms with Crippen molar-refractivity contribution in [1.82, 2.24) is 9.59 Å². The summed E-state index contributed by atoms with van der Waals surface area (Å²) in [4.78, 5) is 5.25. The zero-order valence-corrected chi connectivity index (χ0v) is 4.89. The summed E-state index contributed by atoms with van der Waals surface area (Å²) in [5.41, 5.74) is 0. The third-order valence-corrected chi connectivity index (χ3v) is 1.27. The molecule has 0 spiro atoms. The fourth-order valence-corrected chi connectivity index (χ4v) is 0.747. The van der Waals surface area contributed by atoms with E-state index in [9.17, 15) is 0 Å². The van der Waals surface area contributed by atoms with Crippen LogP contribution in [-0.4, -0.2) is 9.59 Å². The van der Waals surface area contributed by atoms with Gasteiger partial charge in [-0.25, -0.2) is 5.90 Å². The Hall–Kier alpha value is -0.520. The molecule has 0 radical (unpaired) electrons. The highest BCUT2D eigenvalue weighted by molar-refractivity contribution is 7.05. The number of aromatic nitrogens is 2. The van der Waals surface area contributed by atoms with Gasteiger partial charge in [-0.15, -0.1) is 5.10 Å². The van der Waals surface area contributed by atoms with Crippen LogP contribution in [0.25, 0.3) is 0 Å². The van der Waals surface area contributed by atoms with Gasteiger partial charge in [0.05, 0.1) is 11.1 Å². The van der Waals surface area contributed by atoms with Crippen LogP contribution in [-0.2, 0) is 11.4 Å². The molecule has 0 saturated heterocycles. The lowest BCUT2D eigenvalue weighted by atomic mass is 10.6. The second-order valence-electron chi connectivity index (χ2n) is 1.19. The zero-order chi connectivity index (χ0) is 5.82. The third kappa shape index (κ3) is 1.22. The minimum Gasteiger partial charge on any atom is -0.299 e. The second kappa shape index (κ2) is 2.71. The van der Waals surface area contributed by atoms with Crippen LogP contribution in [0.15, 0.2) is 6.20 Å². The molecule has 8 heavy (non-hydrogen) atoms. The maximum atomic E-state index is 4.77. The maximum Gasteiger partial charge on any atom is 0.105 e. The quantitative estimate of drug-likeness (QED) is 0.570. The summed E-state index contributed by atoms with van der Waals surface area (Å²) < 4.78 is 3.60. The molecule has 1 aromatic heterocycles. The van der Waals surface area contributed by atoms with E-state index < -0.39 is 0 Å². The van der Waals surface area contributed by atoms with E-state index in [0.717, 1.165) is 4.88 Å². The van der Waals surface area contributed by atoms with Crippen molar-refractivity contribution in [1.29, 1.82) is 0 Å². The van der Waals surface area contributed by atoms with Gasteiger partial charge in [0.15, 0.2) is 0 Å². The highest BCUT2D eigenvalue weighted by Gasteiger charge is 1.91. The molecule has 0 saturated carbocycles. The highest BCUT2D eigenvalue weighted by atomic mass is 32.1. The van der Waals surface area contributed by atoms with E-state index in [0.29, 0.717) is 6.61 Å². The maximum absolute atomic E-state index is 4.77. The number of hydrogen-bond donors (Lipinski definition) is 1. The van der Waals surface area contributed by atoms with Gasteiger partial charge in [-0.1, -0.05) is 4.49 Å². The number of nitrogens with two attached hydrogens (primary N) is 1. The highest BCUT2D eigenvalue weighted by Crippen LogP contribution is 2.00. The van der Waals surface area contributed by atoms with Crippen molar-refractivity contribution in [2.24, 2.45) is 5.90 Å². The molecule has 0 atom stereocenters. The van der Waals surface area contributed by atoms with E-state index in [2.05, 4.69) is 14.4 Å². The Labute approximate surface area is 50.4 Å². The lowest BCUT2D eigenvalue weighted by Gasteiger charge is -1.85. The van der Waals surface area contributed by atoms with Crippen LogP contribution in [0.3, 0.4) is 0 Å². The molecule has 4 nitrogen and oxygen atoms in total. The standard InChI is InChI=1S/C3H5N3OS/c4-7-2-3-1-5-6-8-3/h1H,2,4H2. The lowest BCUT2D eigenvalue weighted by molar-refractivity contribution is 0.126. The smallest absolute Gasteiger partial charge is 0.105 e. The molecule has 2 N–H and O–H groups in total. The van der Waals surface area contributed by atoms with E-state index in [1.54, 1.807) is 6.20 Å². The van der Waals surface area contributed by atoms with Gasteiger partial charge in [0.1, 0.15) is 6.61 Å². The Kier molecular flexibility index (Phi) is 1.90. The predicted molar refractivity (Wildman–Crippen MR) is 28.9 cm³/mol. The van der Waals surface area contributed by atoms with Crippen LogP contribution >= 0.6 is 11.5 Å². The van der Waals surface area contributed by atoms with Gasteiger partial charge >= 0.3 is 0 Å². The second-order valence-corrected chi connectivity index (χ2v) is 2.07. The van der Waals surface area contributed by atoms with E-state index >= 15 is 0 Å². The first-order valence-corrected chi connectivity index (χ1v) is 2.78. The van der Waals surface area contributed by atoms with E-state index in [1.807, 2.05) is 0 Å². The van der Waals surface area contributed by atoms with Gasteiger partial charge in [0, 0.05) is 0 Å². The zero-order valence-electron chi connectivity index (χ0n) is 4.07. The number of hydrogen-bond acceptors (Lipinski definition) is 5. The molecule has 0 fully saturated rings. The van der Waals surface area contributed by atoms with E-state index in [1.165, 1.54) is 11.5 Å². The molecule has 0 bridgehead atoms. The number of rotatable bonds is 2. The fourth-order valence-electron chi connectivity index (χ4n) is 0.333. The Morgan fingerprint density at radius 2 is 2.75 bits per heavy atom. The summed E-state index contributed by atoms with van der Waals surface area (Å²) in [5, 5.41) is 3.57. The molecular weight excluding hydrogens is 126 g/mol. The summed E-state index contributed by atoms with van der Waals surface area (Å²) in [6.07, 6.45) is 1.62. The molecule has 5 heteroatoms. The van der Waals surface area contributed by atoms with Crippen molar-refractivity contribution in [2.75, 3.05) is 0 Å². The number of nitrogens with zero attached hydrogens (tertiary/aromatic N) is 2. The van der Waals surface area contributed by atoms with Gasteiger partial charge in [0.25, 0.3) is 0 Å².